The van der Waals surface area contributed by atoms with E-state index in [2.05, 4.69) is 12.6 Å². The number of halogens is 1. The summed E-state index contributed by atoms with van der Waals surface area (Å²) in [6, 6.07) is 4.47. The number of rotatable bonds is 4. The summed E-state index contributed by atoms with van der Waals surface area (Å²) in [6.45, 7) is 0.753. The first-order valence-electron chi connectivity index (χ1n) is 4.34. The Labute approximate surface area is 89.1 Å². The third kappa shape index (κ3) is 2.54. The first-order chi connectivity index (χ1) is 6.69. The van der Waals surface area contributed by atoms with Crippen LogP contribution in [0.3, 0.4) is 0 Å². The molecule has 0 N–H and O–H groups in total. The summed E-state index contributed by atoms with van der Waals surface area (Å²) in [5, 5.41) is 0. The molecule has 1 aromatic carbocycles. The van der Waals surface area contributed by atoms with E-state index in [1.165, 1.54) is 12.1 Å². The molecule has 0 aliphatic heterocycles. The van der Waals surface area contributed by atoms with Gasteiger partial charge in [-0.1, -0.05) is 0 Å². The van der Waals surface area contributed by atoms with Crippen molar-refractivity contribution in [1.82, 2.24) is 0 Å². The van der Waals surface area contributed by atoms with Gasteiger partial charge in [-0.25, -0.2) is 4.39 Å². The van der Waals surface area contributed by atoms with E-state index in [4.69, 9.17) is 4.74 Å². The van der Waals surface area contributed by atoms with Gasteiger partial charge in [-0.05, 0) is 12.1 Å². The minimum absolute atomic E-state index is 0.258. The molecule has 1 aromatic rings. The number of ether oxygens (including phenoxy) is 1. The SMILES string of the molecule is COc1ccc(F)cc1N(C)CCS. The maximum Gasteiger partial charge on any atom is 0.142 e. The lowest BCUT2D eigenvalue weighted by Crippen LogP contribution is -2.20. The van der Waals surface area contributed by atoms with Crippen molar-refractivity contribution in [3.8, 4) is 5.75 Å². The maximum atomic E-state index is 13.0. The Morgan fingerprint density at radius 1 is 1.50 bits per heavy atom. The van der Waals surface area contributed by atoms with E-state index in [9.17, 15) is 4.39 Å². The predicted molar refractivity (Wildman–Crippen MR) is 60.1 cm³/mol. The largest absolute Gasteiger partial charge is 0.495 e. The predicted octanol–water partition coefficient (Wildman–Crippen LogP) is 2.20. The van der Waals surface area contributed by atoms with Crippen LogP contribution < -0.4 is 9.64 Å². The van der Waals surface area contributed by atoms with Gasteiger partial charge < -0.3 is 9.64 Å². The van der Waals surface area contributed by atoms with Gasteiger partial charge in [0.05, 0.1) is 12.8 Å². The topological polar surface area (TPSA) is 12.5 Å². The lowest BCUT2D eigenvalue weighted by atomic mass is 10.2. The fourth-order valence-electron chi connectivity index (χ4n) is 1.23. The molecule has 0 bridgehead atoms. The Morgan fingerprint density at radius 2 is 2.21 bits per heavy atom. The zero-order valence-electron chi connectivity index (χ0n) is 8.33. The summed E-state index contributed by atoms with van der Waals surface area (Å²) in [6.07, 6.45) is 0. The molecule has 2 nitrogen and oxygen atoms in total. The Morgan fingerprint density at radius 3 is 2.79 bits per heavy atom. The third-order valence-electron chi connectivity index (χ3n) is 1.99. The molecule has 0 unspecified atom stereocenters. The number of anilines is 1. The second-order valence-corrected chi connectivity index (χ2v) is 3.41. The van der Waals surface area contributed by atoms with Crippen LogP contribution in [0, 0.1) is 5.82 Å². The van der Waals surface area contributed by atoms with Gasteiger partial charge >= 0.3 is 0 Å². The summed E-state index contributed by atoms with van der Waals surface area (Å²) >= 11 is 4.12. The van der Waals surface area contributed by atoms with Gasteiger partial charge in [0.25, 0.3) is 0 Å². The monoisotopic (exact) mass is 215 g/mol. The highest BCUT2D eigenvalue weighted by molar-refractivity contribution is 7.80. The first-order valence-corrected chi connectivity index (χ1v) is 4.98. The van der Waals surface area contributed by atoms with Crippen molar-refractivity contribution < 1.29 is 9.13 Å². The van der Waals surface area contributed by atoms with Crippen LogP contribution in [0.25, 0.3) is 0 Å². The van der Waals surface area contributed by atoms with Crippen LogP contribution in [0.15, 0.2) is 18.2 Å². The Bertz CT molecular complexity index is 306. The molecule has 0 aliphatic carbocycles. The van der Waals surface area contributed by atoms with E-state index in [0.29, 0.717) is 5.75 Å². The molecule has 4 heteroatoms. The summed E-state index contributed by atoms with van der Waals surface area (Å²) < 4.78 is 18.1. The molecule has 0 saturated heterocycles. The molecule has 0 aliphatic rings. The molecule has 0 aromatic heterocycles. The molecular weight excluding hydrogens is 201 g/mol. The molecule has 0 fully saturated rings. The number of hydrogen-bond donors (Lipinski definition) is 1. The number of hydrogen-bond acceptors (Lipinski definition) is 3. The highest BCUT2D eigenvalue weighted by atomic mass is 32.1. The van der Waals surface area contributed by atoms with Gasteiger partial charge in [-0.2, -0.15) is 12.6 Å². The molecule has 0 saturated carbocycles. The zero-order valence-corrected chi connectivity index (χ0v) is 9.22. The summed E-state index contributed by atoms with van der Waals surface area (Å²) in [4.78, 5) is 1.91. The molecule has 1 rings (SSSR count). The van der Waals surface area contributed by atoms with Gasteiger partial charge in [-0.3, -0.25) is 0 Å². The van der Waals surface area contributed by atoms with E-state index >= 15 is 0 Å². The first kappa shape index (κ1) is 11.2. The molecule has 14 heavy (non-hydrogen) atoms. The van der Waals surface area contributed by atoms with Gasteiger partial charge in [-0.15, -0.1) is 0 Å². The quantitative estimate of drug-likeness (QED) is 0.773. The van der Waals surface area contributed by atoms with Crippen molar-refractivity contribution in [1.29, 1.82) is 0 Å². The van der Waals surface area contributed by atoms with Crippen molar-refractivity contribution in [2.24, 2.45) is 0 Å². The average molecular weight is 215 g/mol. The smallest absolute Gasteiger partial charge is 0.142 e. The standard InChI is InChI=1S/C10H14FNOS/c1-12(5-6-14)9-7-8(11)3-4-10(9)13-2/h3-4,7,14H,5-6H2,1-2H3. The summed E-state index contributed by atoms with van der Waals surface area (Å²) in [5.74, 6) is 1.14. The van der Waals surface area contributed by atoms with Gasteiger partial charge in [0.15, 0.2) is 0 Å². The highest BCUT2D eigenvalue weighted by Gasteiger charge is 2.08. The van der Waals surface area contributed by atoms with Crippen LogP contribution >= 0.6 is 12.6 Å². The van der Waals surface area contributed by atoms with Crippen LogP contribution in [0.5, 0.6) is 5.75 Å². The second-order valence-electron chi connectivity index (χ2n) is 2.96. The maximum absolute atomic E-state index is 13.0. The Kier molecular flexibility index (Phi) is 4.07. The Hall–Kier alpha value is -0.900. The van der Waals surface area contributed by atoms with Crippen molar-refractivity contribution in [3.05, 3.63) is 24.0 Å². The molecule has 0 heterocycles. The van der Waals surface area contributed by atoms with Crippen molar-refractivity contribution >= 4 is 18.3 Å². The van der Waals surface area contributed by atoms with Crippen LogP contribution in [0.2, 0.25) is 0 Å². The molecule has 0 spiro atoms. The molecular formula is C10H14FNOS. The van der Waals surface area contributed by atoms with E-state index in [1.807, 2.05) is 11.9 Å². The van der Waals surface area contributed by atoms with Gasteiger partial charge in [0.2, 0.25) is 0 Å². The van der Waals surface area contributed by atoms with E-state index < -0.39 is 0 Å². The van der Waals surface area contributed by atoms with E-state index in [-0.39, 0.29) is 5.82 Å². The second kappa shape index (κ2) is 5.10. The van der Waals surface area contributed by atoms with Crippen LogP contribution in [-0.2, 0) is 0 Å². The van der Waals surface area contributed by atoms with Gasteiger partial charge in [0, 0.05) is 25.4 Å². The van der Waals surface area contributed by atoms with Crippen LogP contribution in [0.1, 0.15) is 0 Å². The fraction of sp³-hybridized carbons (Fsp3) is 0.400. The normalized spacial score (nSPS) is 10.0. The molecule has 0 atom stereocenters. The minimum Gasteiger partial charge on any atom is -0.495 e. The van der Waals surface area contributed by atoms with Crippen LogP contribution in [-0.4, -0.2) is 26.5 Å². The number of methoxy groups -OCH3 is 1. The van der Waals surface area contributed by atoms with E-state index in [1.54, 1.807) is 13.2 Å². The minimum atomic E-state index is -0.258. The average Bonchev–Trinajstić information content (AvgIpc) is 2.18. The lowest BCUT2D eigenvalue weighted by Gasteiger charge is -2.20. The molecule has 78 valence electrons. The van der Waals surface area contributed by atoms with Crippen LogP contribution in [0.4, 0.5) is 10.1 Å². The van der Waals surface area contributed by atoms with Crippen molar-refractivity contribution in [3.63, 3.8) is 0 Å². The third-order valence-corrected chi connectivity index (χ3v) is 2.19. The number of thiol groups is 1. The summed E-state index contributed by atoms with van der Waals surface area (Å²) in [7, 11) is 3.46. The van der Waals surface area contributed by atoms with Crippen molar-refractivity contribution in [2.75, 3.05) is 31.4 Å². The zero-order chi connectivity index (χ0) is 10.6. The van der Waals surface area contributed by atoms with Gasteiger partial charge in [0.1, 0.15) is 11.6 Å². The lowest BCUT2D eigenvalue weighted by molar-refractivity contribution is 0.414. The summed E-state index contributed by atoms with van der Waals surface area (Å²) in [5.41, 5.74) is 0.751. The molecule has 0 amide bonds. The fourth-order valence-corrected chi connectivity index (χ4v) is 1.53. The molecule has 0 radical (unpaired) electrons. The highest BCUT2D eigenvalue weighted by Crippen LogP contribution is 2.27. The Balaban J connectivity index is 2.97. The van der Waals surface area contributed by atoms with Crippen molar-refractivity contribution in [2.45, 2.75) is 0 Å². The van der Waals surface area contributed by atoms with E-state index in [0.717, 1.165) is 18.0 Å². The number of nitrogens with zero attached hydrogens (tertiary/aromatic N) is 1. The number of benzene rings is 1.